The molecule has 0 bridgehead atoms. The average Bonchev–Trinajstić information content (AvgIpc) is 2.82. The monoisotopic (exact) mass is 294 g/mol. The summed E-state index contributed by atoms with van der Waals surface area (Å²) < 4.78 is 0. The number of nitrogens with one attached hydrogen (secondary N) is 1. The second-order valence-corrected chi connectivity index (χ2v) is 3.98. The third kappa shape index (κ3) is 2.36. The van der Waals surface area contributed by atoms with Gasteiger partial charge in [-0.2, -0.15) is 0 Å². The zero-order valence-electron chi connectivity index (χ0n) is 9.80. The Morgan fingerprint density at radius 1 is 0.944 bits per heavy atom. The van der Waals surface area contributed by atoms with Crippen molar-refractivity contribution in [1.29, 1.82) is 0 Å². The zero-order valence-corrected chi connectivity index (χ0v) is 12.2. The van der Waals surface area contributed by atoms with Gasteiger partial charge in [-0.15, -0.1) is 0 Å². The molecule has 0 aliphatic rings. The minimum atomic E-state index is -0.455. The maximum Gasteiger partial charge on any atom is 3.00 e. The van der Waals surface area contributed by atoms with Crippen LogP contribution in [0, 0.1) is 0 Å². The Morgan fingerprint density at radius 3 is 2.33 bits per heavy atom. The molecule has 0 spiro atoms. The van der Waals surface area contributed by atoms with E-state index in [4.69, 9.17) is 5.11 Å². The normalized spacial score (nSPS) is 12.1. The summed E-state index contributed by atoms with van der Waals surface area (Å²) >= 11 is 0. The van der Waals surface area contributed by atoms with Gasteiger partial charge in [-0.3, -0.25) is 0 Å². The van der Waals surface area contributed by atoms with Gasteiger partial charge >= 0.3 is 19.8 Å². The van der Waals surface area contributed by atoms with E-state index in [0.29, 0.717) is 5.82 Å². The Bertz CT molecular complexity index is 603. The van der Waals surface area contributed by atoms with Gasteiger partial charge in [0.25, 0.3) is 0 Å². The van der Waals surface area contributed by atoms with Gasteiger partial charge in [0, 0.05) is 5.56 Å². The number of para-hydroxylation sites is 2. The van der Waals surface area contributed by atoms with Crippen LogP contribution in [-0.4, -0.2) is 34.9 Å². The molecule has 0 aliphatic heterocycles. The van der Waals surface area contributed by atoms with E-state index < -0.39 is 6.10 Å². The van der Waals surface area contributed by atoms with Crippen LogP contribution in [0.15, 0.2) is 54.6 Å². The molecule has 84 valence electrons. The molecule has 1 unspecified atom stereocenters. The summed E-state index contributed by atoms with van der Waals surface area (Å²) in [6, 6.07) is 17.6. The van der Waals surface area contributed by atoms with Gasteiger partial charge in [0.2, 0.25) is 6.10 Å². The topological polar surface area (TPSA) is 51.6 Å². The fourth-order valence-corrected chi connectivity index (χ4v) is 1.91. The Labute approximate surface area is 118 Å². The first-order valence-corrected chi connectivity index (χ1v) is 5.55. The van der Waals surface area contributed by atoms with Gasteiger partial charge in [0.1, 0.15) is 0 Å². The number of nitrogens with zero attached hydrogens (tertiary/aromatic N) is 1. The van der Waals surface area contributed by atoms with Crippen LogP contribution in [0.2, 0.25) is 0 Å². The second kappa shape index (κ2) is 5.43. The van der Waals surface area contributed by atoms with Crippen molar-refractivity contribution in [3.8, 4) is 0 Å². The van der Waals surface area contributed by atoms with Gasteiger partial charge in [-0.25, -0.2) is 4.98 Å². The predicted molar refractivity (Wildman–Crippen MR) is 73.7 cm³/mol. The number of aromatic amines is 1. The van der Waals surface area contributed by atoms with Gasteiger partial charge in [0.05, 0.1) is 11.0 Å². The fraction of sp³-hybridized carbons (Fsp3) is 0.0714. The molecule has 2 aromatic carbocycles. The molecule has 4 heteroatoms. The van der Waals surface area contributed by atoms with Crippen molar-refractivity contribution in [1.82, 2.24) is 9.97 Å². The number of hydrogen-bond donors (Lipinski definition) is 1. The quantitative estimate of drug-likeness (QED) is 0.570. The van der Waals surface area contributed by atoms with Crippen molar-refractivity contribution in [2.24, 2.45) is 0 Å². The van der Waals surface area contributed by atoms with E-state index in [2.05, 4.69) is 9.97 Å². The second-order valence-electron chi connectivity index (χ2n) is 3.98. The first kappa shape index (κ1) is 13.0. The molecule has 3 rings (SSSR count). The van der Waals surface area contributed by atoms with Crippen molar-refractivity contribution in [3.05, 3.63) is 66.0 Å². The summed E-state index contributed by atoms with van der Waals surface area (Å²) in [6.07, 6.45) is -0.455. The summed E-state index contributed by atoms with van der Waals surface area (Å²) in [5, 5.41) is 8.19. The number of H-pyrrole nitrogens is 1. The largest absolute Gasteiger partial charge is 3.00 e. The summed E-state index contributed by atoms with van der Waals surface area (Å²) in [7, 11) is 0. The minimum absolute atomic E-state index is 0. The first-order chi connectivity index (χ1) is 8.34. The van der Waals surface area contributed by atoms with E-state index in [1.165, 1.54) is 0 Å². The Morgan fingerprint density at radius 2 is 1.61 bits per heavy atom. The molecule has 0 saturated carbocycles. The molecule has 0 fully saturated rings. The van der Waals surface area contributed by atoms with Gasteiger partial charge in [-0.05, 0) is 12.1 Å². The molecule has 0 amide bonds. The SMILES string of the molecule is [Ga+3].[OH2+]C(c1ccccc1)c1nc2ccccc2[nH]1. The van der Waals surface area contributed by atoms with E-state index >= 15 is 0 Å². The van der Waals surface area contributed by atoms with Crippen molar-refractivity contribution in [2.45, 2.75) is 6.10 Å². The number of imidazole rings is 1. The van der Waals surface area contributed by atoms with Crippen LogP contribution >= 0.6 is 0 Å². The number of rotatable bonds is 2. The van der Waals surface area contributed by atoms with E-state index in [0.717, 1.165) is 16.6 Å². The Hall–Kier alpha value is -1.49. The molecule has 0 saturated heterocycles. The van der Waals surface area contributed by atoms with Crippen molar-refractivity contribution < 1.29 is 5.11 Å². The molecule has 3 aromatic rings. The van der Waals surface area contributed by atoms with Gasteiger partial charge < -0.3 is 10.1 Å². The van der Waals surface area contributed by atoms with E-state index in [1.54, 1.807) is 0 Å². The smallest absolute Gasteiger partial charge is 0.434 e. The molecule has 3 nitrogen and oxygen atoms in total. The van der Waals surface area contributed by atoms with E-state index in [-0.39, 0.29) is 19.8 Å². The summed E-state index contributed by atoms with van der Waals surface area (Å²) in [6.45, 7) is 0. The van der Waals surface area contributed by atoms with Gasteiger partial charge in [-0.1, -0.05) is 42.5 Å². The molecule has 3 N–H and O–H groups in total. The molecule has 0 aliphatic carbocycles. The van der Waals surface area contributed by atoms with E-state index in [1.807, 2.05) is 54.6 Å². The number of fused-ring (bicyclic) bond motifs is 1. The third-order valence-electron chi connectivity index (χ3n) is 2.81. The van der Waals surface area contributed by atoms with Crippen LogP contribution in [-0.2, 0) is 0 Å². The number of aromatic nitrogens is 2. The van der Waals surface area contributed by atoms with Gasteiger partial charge in [0.15, 0.2) is 5.82 Å². The van der Waals surface area contributed by atoms with Crippen LogP contribution in [0.4, 0.5) is 0 Å². The Balaban J connectivity index is 0.00000120. The van der Waals surface area contributed by atoms with Crippen LogP contribution in [0.5, 0.6) is 0 Å². The minimum Gasteiger partial charge on any atom is -0.434 e. The van der Waals surface area contributed by atoms with Crippen molar-refractivity contribution in [3.63, 3.8) is 0 Å². The molecule has 1 heterocycles. The summed E-state index contributed by atoms with van der Waals surface area (Å²) in [5.41, 5.74) is 2.85. The predicted octanol–water partition coefficient (Wildman–Crippen LogP) is 2.00. The van der Waals surface area contributed by atoms with Crippen molar-refractivity contribution >= 4 is 30.8 Å². The summed E-state index contributed by atoms with van der Waals surface area (Å²) in [5.74, 6) is 0.692. The summed E-state index contributed by atoms with van der Waals surface area (Å²) in [4.78, 5) is 7.64. The third-order valence-corrected chi connectivity index (χ3v) is 2.81. The van der Waals surface area contributed by atoms with Crippen LogP contribution in [0.25, 0.3) is 11.0 Å². The van der Waals surface area contributed by atoms with E-state index in [9.17, 15) is 0 Å². The first-order valence-electron chi connectivity index (χ1n) is 5.55. The fourth-order valence-electron chi connectivity index (χ4n) is 1.91. The average molecular weight is 295 g/mol. The van der Waals surface area contributed by atoms with Crippen LogP contribution in [0.3, 0.4) is 0 Å². The number of benzene rings is 2. The standard InChI is InChI=1S/C14H12N2O.Ga/c17-13(10-6-2-1-3-7-10)14-15-11-8-4-5-9-12(11)16-14;/h1-9,13,17H,(H,15,16);/q;+3/p+1. The molecule has 18 heavy (non-hydrogen) atoms. The molecule has 0 radical (unpaired) electrons. The zero-order chi connectivity index (χ0) is 11.7. The maximum atomic E-state index is 8.19. The molecular weight excluding hydrogens is 282 g/mol. The van der Waals surface area contributed by atoms with Crippen molar-refractivity contribution in [2.75, 3.05) is 0 Å². The molecule has 1 aromatic heterocycles. The maximum absolute atomic E-state index is 8.19. The molecular formula is C14H13GaN2O+4. The number of hydrogen-bond acceptors (Lipinski definition) is 1. The van der Waals surface area contributed by atoms with Crippen LogP contribution < -0.4 is 0 Å². The van der Waals surface area contributed by atoms with Crippen LogP contribution in [0.1, 0.15) is 17.5 Å². The molecule has 1 atom stereocenters. The Kier molecular flexibility index (Phi) is 3.91.